The monoisotopic (exact) mass is 491 g/mol. The van der Waals surface area contributed by atoms with Crippen LogP contribution in [0.25, 0.3) is 0 Å². The van der Waals surface area contributed by atoms with E-state index in [0.717, 1.165) is 0 Å². The first-order chi connectivity index (χ1) is 15.9. The molecule has 1 heterocycles. The summed E-state index contributed by atoms with van der Waals surface area (Å²) in [7, 11) is 1.55. The Morgan fingerprint density at radius 1 is 1.12 bits per heavy atom. The van der Waals surface area contributed by atoms with Crippen molar-refractivity contribution >= 4 is 40.3 Å². The maximum atomic E-state index is 14.4. The van der Waals surface area contributed by atoms with Crippen LogP contribution >= 0.6 is 11.8 Å². The van der Waals surface area contributed by atoms with Gasteiger partial charge >= 0.3 is 5.97 Å². The van der Waals surface area contributed by atoms with Crippen LogP contribution in [0.15, 0.2) is 4.99 Å². The quantitative estimate of drug-likeness (QED) is 0.599. The van der Waals surface area contributed by atoms with Gasteiger partial charge in [-0.1, -0.05) is 25.6 Å². The number of carbonyl (C=O) groups excluding carboxylic acids is 4. The molecule has 4 aliphatic carbocycles. The molecule has 4 fully saturated rings. The fourth-order valence-electron chi connectivity index (χ4n) is 8.43. The highest BCUT2D eigenvalue weighted by Gasteiger charge is 2.79. The second kappa shape index (κ2) is 7.38. The van der Waals surface area contributed by atoms with Crippen LogP contribution in [0, 0.1) is 22.7 Å². The van der Waals surface area contributed by atoms with Crippen molar-refractivity contribution in [3.8, 4) is 0 Å². The standard InChI is InChI=1S/C25H33NO7S/c1-14(27)33-13-19(30)24(31)10-7-16-17-6-9-23-11-15(28)5-8-22(23,3)25(17,34-20(26-23)32-4)18(29)12-21(16,24)2/h16-17,31H,5-13H2,1-4H3. The number of nitrogens with zero attached hydrogens (tertiary/aromatic N) is 1. The number of rotatable bonds is 3. The highest BCUT2D eigenvalue weighted by molar-refractivity contribution is 8.15. The fourth-order valence-corrected chi connectivity index (χ4v) is 10.1. The summed E-state index contributed by atoms with van der Waals surface area (Å²) in [6.45, 7) is 4.72. The van der Waals surface area contributed by atoms with Crippen LogP contribution in [0.1, 0.15) is 72.1 Å². The Morgan fingerprint density at radius 2 is 1.82 bits per heavy atom. The predicted molar refractivity (Wildman–Crippen MR) is 124 cm³/mol. The Balaban J connectivity index is 1.59. The van der Waals surface area contributed by atoms with Crippen LogP contribution in [0.2, 0.25) is 0 Å². The number of aliphatic imine (C=N–C) groups is 1. The molecule has 5 rings (SSSR count). The maximum absolute atomic E-state index is 14.4. The van der Waals surface area contributed by atoms with Gasteiger partial charge in [0, 0.05) is 37.0 Å². The SMILES string of the molecule is COC1=NC23CCC4C5CCC(O)(C(=O)COC(C)=O)C5(C)CC(=O)C4(S1)C2(C)CCC(=O)C3. The summed E-state index contributed by atoms with van der Waals surface area (Å²) >= 11 is 1.41. The Bertz CT molecular complexity index is 1030. The van der Waals surface area contributed by atoms with Gasteiger partial charge in [-0.25, -0.2) is 4.99 Å². The second-order valence-corrected chi connectivity index (χ2v) is 12.6. The lowest BCUT2D eigenvalue weighted by Gasteiger charge is -2.69. The first kappa shape index (κ1) is 24.0. The molecule has 4 saturated carbocycles. The molecule has 7 atom stereocenters. The van der Waals surface area contributed by atoms with Gasteiger partial charge in [-0.05, 0) is 43.9 Å². The number of aliphatic hydroxyl groups is 1. The lowest BCUT2D eigenvalue weighted by molar-refractivity contribution is -0.177. The second-order valence-electron chi connectivity index (χ2n) is 11.4. The number of esters is 1. The third-order valence-electron chi connectivity index (χ3n) is 10.2. The molecule has 5 aliphatic rings. The van der Waals surface area contributed by atoms with Gasteiger partial charge in [-0.15, -0.1) is 0 Å². The van der Waals surface area contributed by atoms with Gasteiger partial charge < -0.3 is 14.6 Å². The highest BCUT2D eigenvalue weighted by Crippen LogP contribution is 2.75. The molecule has 0 aromatic heterocycles. The summed E-state index contributed by atoms with van der Waals surface area (Å²) in [5.41, 5.74) is -3.83. The predicted octanol–water partition coefficient (Wildman–Crippen LogP) is 2.63. The first-order valence-electron chi connectivity index (χ1n) is 12.2. The Kier molecular flexibility index (Phi) is 5.21. The van der Waals surface area contributed by atoms with Crippen molar-refractivity contribution in [2.45, 2.75) is 88.0 Å². The Hall–Kier alpha value is -1.74. The molecule has 1 N–H and O–H groups in total. The van der Waals surface area contributed by atoms with Gasteiger partial charge in [0.1, 0.15) is 11.4 Å². The van der Waals surface area contributed by atoms with E-state index in [0.29, 0.717) is 43.8 Å². The molecule has 0 aromatic rings. The summed E-state index contributed by atoms with van der Waals surface area (Å²) in [5.74, 6) is -1.07. The summed E-state index contributed by atoms with van der Waals surface area (Å²) in [6, 6.07) is 0. The van der Waals surface area contributed by atoms with Gasteiger partial charge in [0.25, 0.3) is 0 Å². The minimum atomic E-state index is -1.72. The number of thioether (sulfide) groups is 1. The number of ether oxygens (including phenoxy) is 2. The van der Waals surface area contributed by atoms with E-state index in [1.807, 2.05) is 6.92 Å². The molecule has 1 aliphatic heterocycles. The zero-order valence-electron chi connectivity index (χ0n) is 20.3. The molecule has 1 spiro atoms. The number of hydrogen-bond donors (Lipinski definition) is 1. The molecule has 2 bridgehead atoms. The number of hydrogen-bond acceptors (Lipinski definition) is 9. The van der Waals surface area contributed by atoms with Gasteiger partial charge in [0.05, 0.1) is 17.4 Å². The maximum Gasteiger partial charge on any atom is 0.303 e. The van der Waals surface area contributed by atoms with Crippen LogP contribution in [0.3, 0.4) is 0 Å². The fraction of sp³-hybridized carbons (Fsp3) is 0.800. The number of methoxy groups -OCH3 is 1. The van der Waals surface area contributed by atoms with E-state index in [1.165, 1.54) is 18.7 Å². The lowest BCUT2D eigenvalue weighted by Crippen LogP contribution is -2.76. The third-order valence-corrected chi connectivity index (χ3v) is 12.0. The molecule has 0 aromatic carbocycles. The third kappa shape index (κ3) is 2.68. The normalized spacial score (nSPS) is 47.1. The van der Waals surface area contributed by atoms with Gasteiger partial charge in [-0.3, -0.25) is 19.2 Å². The summed E-state index contributed by atoms with van der Waals surface area (Å²) < 4.78 is 9.73. The van der Waals surface area contributed by atoms with E-state index in [1.54, 1.807) is 7.11 Å². The largest absolute Gasteiger partial charge is 0.476 e. The van der Waals surface area contributed by atoms with Crippen molar-refractivity contribution in [3.63, 3.8) is 0 Å². The van der Waals surface area contributed by atoms with E-state index in [2.05, 4.69) is 6.92 Å². The van der Waals surface area contributed by atoms with Crippen molar-refractivity contribution in [3.05, 3.63) is 0 Å². The minimum absolute atomic E-state index is 0.00670. The van der Waals surface area contributed by atoms with Crippen molar-refractivity contribution in [2.75, 3.05) is 13.7 Å². The Morgan fingerprint density at radius 3 is 2.50 bits per heavy atom. The zero-order valence-corrected chi connectivity index (χ0v) is 21.1. The van der Waals surface area contributed by atoms with E-state index >= 15 is 0 Å². The number of Topliss-reactive ketones (excluding diaryl/α,β-unsaturated/α-hetero) is 3. The first-order valence-corrected chi connectivity index (χ1v) is 13.0. The molecule has 0 amide bonds. The molecule has 186 valence electrons. The number of ketones is 3. The van der Waals surface area contributed by atoms with Gasteiger partial charge in [0.2, 0.25) is 11.0 Å². The van der Waals surface area contributed by atoms with E-state index < -0.39 is 45.1 Å². The molecule has 0 saturated heterocycles. The summed E-state index contributed by atoms with van der Waals surface area (Å²) in [6.07, 6.45) is 3.65. The molecular weight excluding hydrogens is 458 g/mol. The van der Waals surface area contributed by atoms with Gasteiger partial charge in [-0.2, -0.15) is 0 Å². The molecule has 34 heavy (non-hydrogen) atoms. The minimum Gasteiger partial charge on any atom is -0.476 e. The van der Waals surface area contributed by atoms with Gasteiger partial charge in [0.15, 0.2) is 12.4 Å². The average Bonchev–Trinajstić information content (AvgIpc) is 3.03. The lowest BCUT2D eigenvalue weighted by atomic mass is 9.41. The van der Waals surface area contributed by atoms with Crippen LogP contribution in [-0.2, 0) is 28.7 Å². The van der Waals surface area contributed by atoms with E-state index in [-0.39, 0.29) is 36.2 Å². The molecule has 8 nitrogen and oxygen atoms in total. The van der Waals surface area contributed by atoms with E-state index in [4.69, 9.17) is 14.5 Å². The molecule has 9 heteroatoms. The Labute approximate surface area is 203 Å². The van der Waals surface area contributed by atoms with Crippen molar-refractivity contribution in [1.82, 2.24) is 0 Å². The summed E-state index contributed by atoms with van der Waals surface area (Å²) in [4.78, 5) is 56.3. The molecular formula is C25H33NO7S. The molecule has 7 unspecified atom stereocenters. The average molecular weight is 492 g/mol. The van der Waals surface area contributed by atoms with E-state index in [9.17, 15) is 24.3 Å². The highest BCUT2D eigenvalue weighted by atomic mass is 32.2. The summed E-state index contributed by atoms with van der Waals surface area (Å²) in [5, 5.41) is 12.1. The van der Waals surface area contributed by atoms with Crippen LogP contribution in [0.4, 0.5) is 0 Å². The topological polar surface area (TPSA) is 119 Å². The van der Waals surface area contributed by atoms with Crippen LogP contribution in [-0.4, -0.2) is 63.3 Å². The number of carbonyl (C=O) groups is 4. The smallest absolute Gasteiger partial charge is 0.303 e. The zero-order chi connectivity index (χ0) is 24.7. The molecule has 0 radical (unpaired) electrons. The van der Waals surface area contributed by atoms with Crippen molar-refractivity contribution in [2.24, 2.45) is 27.7 Å². The van der Waals surface area contributed by atoms with Crippen LogP contribution in [0.5, 0.6) is 0 Å². The van der Waals surface area contributed by atoms with Crippen molar-refractivity contribution < 1.29 is 33.8 Å². The van der Waals surface area contributed by atoms with Crippen LogP contribution < -0.4 is 0 Å². The number of fused-ring (bicyclic) bond motifs is 2. The van der Waals surface area contributed by atoms with Crippen molar-refractivity contribution in [1.29, 1.82) is 0 Å².